The first-order valence-corrected chi connectivity index (χ1v) is 7.84. The van der Waals surface area contributed by atoms with Crippen molar-refractivity contribution in [1.29, 1.82) is 0 Å². The SMILES string of the molecule is Cn1nccc1S(=O)(=O)NC1CCc2cc(N)ccc21. The van der Waals surface area contributed by atoms with Crippen LogP contribution in [0.4, 0.5) is 5.69 Å². The second kappa shape index (κ2) is 4.60. The Morgan fingerprint density at radius 2 is 2.20 bits per heavy atom. The minimum absolute atomic E-state index is 0.168. The molecule has 20 heavy (non-hydrogen) atoms. The summed E-state index contributed by atoms with van der Waals surface area (Å²) in [5.41, 5.74) is 8.58. The second-order valence-electron chi connectivity index (χ2n) is 4.96. The number of anilines is 1. The molecule has 2 aromatic rings. The molecule has 0 amide bonds. The highest BCUT2D eigenvalue weighted by molar-refractivity contribution is 7.89. The maximum absolute atomic E-state index is 12.4. The minimum atomic E-state index is -3.56. The molecule has 3 N–H and O–H groups in total. The first-order valence-electron chi connectivity index (χ1n) is 6.36. The molecular weight excluding hydrogens is 276 g/mol. The lowest BCUT2D eigenvalue weighted by atomic mass is 10.1. The zero-order chi connectivity index (χ0) is 14.3. The monoisotopic (exact) mass is 292 g/mol. The van der Waals surface area contributed by atoms with Crippen LogP contribution < -0.4 is 10.5 Å². The Morgan fingerprint density at radius 1 is 1.40 bits per heavy atom. The van der Waals surface area contributed by atoms with Crippen LogP contribution >= 0.6 is 0 Å². The fourth-order valence-corrected chi connectivity index (χ4v) is 4.01. The van der Waals surface area contributed by atoms with Crippen molar-refractivity contribution < 1.29 is 8.42 Å². The number of fused-ring (bicyclic) bond motifs is 1. The average Bonchev–Trinajstić information content (AvgIpc) is 2.96. The summed E-state index contributed by atoms with van der Waals surface area (Å²) in [6.07, 6.45) is 3.05. The van der Waals surface area contributed by atoms with Crippen LogP contribution in [-0.4, -0.2) is 18.2 Å². The first kappa shape index (κ1) is 13.1. The van der Waals surface area contributed by atoms with Crippen molar-refractivity contribution in [2.45, 2.75) is 23.9 Å². The molecule has 7 heteroatoms. The van der Waals surface area contributed by atoms with E-state index in [1.807, 2.05) is 12.1 Å². The molecule has 6 nitrogen and oxygen atoms in total. The molecule has 0 spiro atoms. The Hall–Kier alpha value is -1.86. The lowest BCUT2D eigenvalue weighted by Gasteiger charge is -2.14. The van der Waals surface area contributed by atoms with Crippen LogP contribution in [-0.2, 0) is 23.5 Å². The zero-order valence-electron chi connectivity index (χ0n) is 11.1. The van der Waals surface area contributed by atoms with Crippen LogP contribution in [0.3, 0.4) is 0 Å². The molecule has 0 saturated heterocycles. The Bertz CT molecular complexity index is 751. The van der Waals surface area contributed by atoms with Gasteiger partial charge in [-0.1, -0.05) is 6.07 Å². The smallest absolute Gasteiger partial charge is 0.258 e. The summed E-state index contributed by atoms with van der Waals surface area (Å²) in [5, 5.41) is 4.06. The van der Waals surface area contributed by atoms with Gasteiger partial charge in [0.15, 0.2) is 5.03 Å². The maximum Gasteiger partial charge on any atom is 0.258 e. The highest BCUT2D eigenvalue weighted by Gasteiger charge is 2.28. The van der Waals surface area contributed by atoms with Crippen molar-refractivity contribution in [2.75, 3.05) is 5.73 Å². The molecule has 0 fully saturated rings. The number of nitrogens with zero attached hydrogens (tertiary/aromatic N) is 2. The van der Waals surface area contributed by atoms with Crippen LogP contribution in [0.25, 0.3) is 0 Å². The van der Waals surface area contributed by atoms with Crippen LogP contribution in [0.15, 0.2) is 35.5 Å². The van der Waals surface area contributed by atoms with Crippen LogP contribution in [0.2, 0.25) is 0 Å². The van der Waals surface area contributed by atoms with Gasteiger partial charge < -0.3 is 5.73 Å². The summed E-state index contributed by atoms with van der Waals surface area (Å²) in [5.74, 6) is 0. The molecular formula is C13H16N4O2S. The first-order chi connectivity index (χ1) is 9.47. The van der Waals surface area contributed by atoms with E-state index in [0.29, 0.717) is 5.69 Å². The predicted molar refractivity (Wildman–Crippen MR) is 75.4 cm³/mol. The molecule has 1 aromatic carbocycles. The van der Waals surface area contributed by atoms with E-state index < -0.39 is 10.0 Å². The number of benzene rings is 1. The highest BCUT2D eigenvalue weighted by atomic mass is 32.2. The Morgan fingerprint density at radius 3 is 2.90 bits per heavy atom. The van der Waals surface area contributed by atoms with Crippen LogP contribution in [0.1, 0.15) is 23.6 Å². The van der Waals surface area contributed by atoms with Gasteiger partial charge in [-0.05, 0) is 42.2 Å². The normalized spacial score (nSPS) is 18.1. The molecule has 1 unspecified atom stereocenters. The number of aromatic nitrogens is 2. The van der Waals surface area contributed by atoms with Gasteiger partial charge in [0.05, 0.1) is 6.20 Å². The number of rotatable bonds is 3. The summed E-state index contributed by atoms with van der Waals surface area (Å²) < 4.78 is 28.8. The van der Waals surface area contributed by atoms with E-state index in [9.17, 15) is 8.42 Å². The number of hydrogen-bond donors (Lipinski definition) is 2. The van der Waals surface area contributed by atoms with E-state index in [4.69, 9.17) is 5.73 Å². The summed E-state index contributed by atoms with van der Waals surface area (Å²) in [6.45, 7) is 0. The van der Waals surface area contributed by atoms with Gasteiger partial charge in [-0.3, -0.25) is 4.68 Å². The lowest BCUT2D eigenvalue weighted by molar-refractivity contribution is 0.540. The fraction of sp³-hybridized carbons (Fsp3) is 0.308. The van der Waals surface area contributed by atoms with Gasteiger partial charge in [0.25, 0.3) is 10.0 Å². The molecule has 106 valence electrons. The number of nitrogens with one attached hydrogen (secondary N) is 1. The number of aryl methyl sites for hydroxylation is 2. The van der Waals surface area contributed by atoms with Gasteiger partial charge in [0.2, 0.25) is 0 Å². The van der Waals surface area contributed by atoms with Crippen molar-refractivity contribution in [3.63, 3.8) is 0 Å². The van der Waals surface area contributed by atoms with Crippen molar-refractivity contribution >= 4 is 15.7 Å². The quantitative estimate of drug-likeness (QED) is 0.825. The molecule has 1 aromatic heterocycles. The van der Waals surface area contributed by atoms with Crippen molar-refractivity contribution in [1.82, 2.24) is 14.5 Å². The molecule has 3 rings (SSSR count). The topological polar surface area (TPSA) is 90.0 Å². The molecule has 1 aliphatic rings. The molecule has 1 aliphatic carbocycles. The Labute approximate surface area is 117 Å². The zero-order valence-corrected chi connectivity index (χ0v) is 11.9. The van der Waals surface area contributed by atoms with Gasteiger partial charge >= 0.3 is 0 Å². The highest BCUT2D eigenvalue weighted by Crippen LogP contribution is 2.33. The van der Waals surface area contributed by atoms with Gasteiger partial charge in [-0.25, -0.2) is 13.1 Å². The van der Waals surface area contributed by atoms with E-state index in [1.54, 1.807) is 13.1 Å². The number of sulfonamides is 1. The fourth-order valence-electron chi connectivity index (χ4n) is 2.63. The standard InChI is InChI=1S/C13H16N4O2S/c1-17-13(6-7-15-17)20(18,19)16-12-5-2-9-8-10(14)3-4-11(9)12/h3-4,6-8,12,16H,2,5,14H2,1H3. The molecule has 0 aliphatic heterocycles. The van der Waals surface area contributed by atoms with E-state index in [1.165, 1.54) is 16.9 Å². The van der Waals surface area contributed by atoms with E-state index in [2.05, 4.69) is 9.82 Å². The molecule has 1 atom stereocenters. The number of hydrogen-bond acceptors (Lipinski definition) is 4. The Balaban J connectivity index is 1.89. The molecule has 0 saturated carbocycles. The summed E-state index contributed by atoms with van der Waals surface area (Å²) in [4.78, 5) is 0. The predicted octanol–water partition coefficient (Wildman–Crippen LogP) is 0.968. The molecule has 0 bridgehead atoms. The molecule has 0 radical (unpaired) electrons. The largest absolute Gasteiger partial charge is 0.399 e. The number of nitrogen functional groups attached to an aromatic ring is 1. The third kappa shape index (κ3) is 2.19. The third-order valence-electron chi connectivity index (χ3n) is 3.59. The van der Waals surface area contributed by atoms with Crippen molar-refractivity contribution in [2.24, 2.45) is 7.05 Å². The minimum Gasteiger partial charge on any atom is -0.399 e. The van der Waals surface area contributed by atoms with Gasteiger partial charge in [-0.15, -0.1) is 0 Å². The summed E-state index contributed by atoms with van der Waals surface area (Å²) >= 11 is 0. The maximum atomic E-state index is 12.4. The van der Waals surface area contributed by atoms with Gasteiger partial charge in [0.1, 0.15) is 0 Å². The second-order valence-corrected chi connectivity index (χ2v) is 6.62. The van der Waals surface area contributed by atoms with Gasteiger partial charge in [0, 0.05) is 18.8 Å². The summed E-state index contributed by atoms with van der Waals surface area (Å²) in [7, 11) is -1.96. The van der Waals surface area contributed by atoms with Gasteiger partial charge in [-0.2, -0.15) is 5.10 Å². The average molecular weight is 292 g/mol. The van der Waals surface area contributed by atoms with Crippen LogP contribution in [0, 0.1) is 0 Å². The van der Waals surface area contributed by atoms with Crippen molar-refractivity contribution in [3.8, 4) is 0 Å². The third-order valence-corrected chi connectivity index (χ3v) is 5.14. The number of nitrogens with two attached hydrogens (primary N) is 1. The summed E-state index contributed by atoms with van der Waals surface area (Å²) in [6, 6.07) is 6.89. The molecule has 1 heterocycles. The van der Waals surface area contributed by atoms with Crippen LogP contribution in [0.5, 0.6) is 0 Å². The lowest BCUT2D eigenvalue weighted by Crippen LogP contribution is -2.29. The Kier molecular flexibility index (Phi) is 3.02. The van der Waals surface area contributed by atoms with Crippen molar-refractivity contribution in [3.05, 3.63) is 41.6 Å². The van der Waals surface area contributed by atoms with E-state index in [0.717, 1.165) is 24.0 Å². The van der Waals surface area contributed by atoms with E-state index >= 15 is 0 Å². The van der Waals surface area contributed by atoms with E-state index in [-0.39, 0.29) is 11.1 Å².